The highest BCUT2D eigenvalue weighted by Crippen LogP contribution is 2.36. The summed E-state index contributed by atoms with van der Waals surface area (Å²) < 4.78 is 0. The fourth-order valence-corrected chi connectivity index (χ4v) is 3.17. The van der Waals surface area contributed by atoms with Crippen molar-refractivity contribution < 1.29 is 15.0 Å². The summed E-state index contributed by atoms with van der Waals surface area (Å²) in [7, 11) is 0. The first-order chi connectivity index (χ1) is 11.1. The summed E-state index contributed by atoms with van der Waals surface area (Å²) in [5.41, 5.74) is 2.27. The number of hydrogen-bond acceptors (Lipinski definition) is 5. The van der Waals surface area contributed by atoms with Crippen molar-refractivity contribution >= 4 is 5.91 Å². The van der Waals surface area contributed by atoms with E-state index in [4.69, 9.17) is 0 Å². The number of carbonyl (C=O) groups is 1. The maximum absolute atomic E-state index is 12.3. The first kappa shape index (κ1) is 15.6. The summed E-state index contributed by atoms with van der Waals surface area (Å²) in [5.74, 6) is -0.559. The zero-order chi connectivity index (χ0) is 16.4. The third-order valence-corrected chi connectivity index (χ3v) is 4.37. The van der Waals surface area contributed by atoms with E-state index in [-0.39, 0.29) is 11.6 Å². The molecule has 0 radical (unpaired) electrons. The Morgan fingerprint density at radius 2 is 2.04 bits per heavy atom. The molecule has 1 aromatic carbocycles. The van der Waals surface area contributed by atoms with E-state index in [0.717, 1.165) is 11.1 Å². The Bertz CT molecular complexity index is 692. The summed E-state index contributed by atoms with van der Waals surface area (Å²) >= 11 is 0. The molecule has 1 aromatic heterocycles. The van der Waals surface area contributed by atoms with Gasteiger partial charge < -0.3 is 15.5 Å². The van der Waals surface area contributed by atoms with Gasteiger partial charge in [0, 0.05) is 18.3 Å². The largest absolute Gasteiger partial charge is 0.390 e. The molecule has 0 spiro atoms. The number of aliphatic hydroxyl groups excluding tert-OH is 2. The van der Waals surface area contributed by atoms with E-state index < -0.39 is 24.2 Å². The topological polar surface area (TPSA) is 95.3 Å². The van der Waals surface area contributed by atoms with Crippen LogP contribution in [0.25, 0.3) is 0 Å². The van der Waals surface area contributed by atoms with Crippen LogP contribution in [0.5, 0.6) is 0 Å². The van der Waals surface area contributed by atoms with Gasteiger partial charge in [0.1, 0.15) is 11.8 Å². The zero-order valence-electron chi connectivity index (χ0n) is 12.8. The van der Waals surface area contributed by atoms with Crippen LogP contribution in [0.1, 0.15) is 34.0 Å². The molecule has 4 atom stereocenters. The minimum absolute atomic E-state index is 0.151. The summed E-state index contributed by atoms with van der Waals surface area (Å²) in [6.07, 6.45) is 2.81. The van der Waals surface area contributed by atoms with Crippen molar-refractivity contribution in [1.29, 1.82) is 0 Å². The number of aryl methyl sites for hydroxylation is 1. The van der Waals surface area contributed by atoms with Crippen LogP contribution in [0.4, 0.5) is 0 Å². The molecule has 6 nitrogen and oxygen atoms in total. The number of nitrogens with zero attached hydrogens (tertiary/aromatic N) is 2. The minimum atomic E-state index is -1.01. The van der Waals surface area contributed by atoms with E-state index in [1.54, 1.807) is 0 Å². The average Bonchev–Trinajstić information content (AvgIpc) is 2.84. The normalized spacial score (nSPS) is 26.9. The van der Waals surface area contributed by atoms with Crippen LogP contribution in [0.15, 0.2) is 42.9 Å². The van der Waals surface area contributed by atoms with Gasteiger partial charge in [-0.2, -0.15) is 0 Å². The van der Waals surface area contributed by atoms with Gasteiger partial charge in [-0.15, -0.1) is 0 Å². The van der Waals surface area contributed by atoms with Gasteiger partial charge in [-0.05, 0) is 24.5 Å². The molecular weight excluding hydrogens is 294 g/mol. The van der Waals surface area contributed by atoms with Gasteiger partial charge in [0.05, 0.1) is 18.3 Å². The van der Waals surface area contributed by atoms with Crippen molar-refractivity contribution in [3.05, 3.63) is 59.7 Å². The summed E-state index contributed by atoms with van der Waals surface area (Å²) in [6, 6.07) is 7.23. The highest BCUT2D eigenvalue weighted by molar-refractivity contribution is 5.92. The second kappa shape index (κ2) is 6.44. The maximum atomic E-state index is 12.3. The van der Waals surface area contributed by atoms with E-state index in [0.29, 0.717) is 6.42 Å². The van der Waals surface area contributed by atoms with Gasteiger partial charge in [0.15, 0.2) is 0 Å². The van der Waals surface area contributed by atoms with Crippen molar-refractivity contribution in [3.63, 3.8) is 0 Å². The van der Waals surface area contributed by atoms with Crippen molar-refractivity contribution in [2.75, 3.05) is 0 Å². The Kier molecular flexibility index (Phi) is 4.36. The van der Waals surface area contributed by atoms with Crippen molar-refractivity contribution in [1.82, 2.24) is 15.3 Å². The Labute approximate surface area is 134 Å². The van der Waals surface area contributed by atoms with Crippen LogP contribution in [0.2, 0.25) is 0 Å². The van der Waals surface area contributed by atoms with Gasteiger partial charge in [-0.3, -0.25) is 9.78 Å². The molecule has 1 saturated carbocycles. The monoisotopic (exact) mass is 313 g/mol. The minimum Gasteiger partial charge on any atom is -0.390 e. The van der Waals surface area contributed by atoms with Gasteiger partial charge in [0.2, 0.25) is 0 Å². The van der Waals surface area contributed by atoms with Crippen LogP contribution < -0.4 is 5.32 Å². The van der Waals surface area contributed by atoms with E-state index in [1.165, 1.54) is 18.6 Å². The Morgan fingerprint density at radius 3 is 2.74 bits per heavy atom. The molecule has 1 amide bonds. The number of nitrogens with one attached hydrogen (secondary N) is 1. The molecular formula is C17H19N3O3. The van der Waals surface area contributed by atoms with Crippen LogP contribution in [-0.2, 0) is 0 Å². The fraction of sp³-hybridized carbons (Fsp3) is 0.353. The summed E-state index contributed by atoms with van der Waals surface area (Å²) in [5, 5.41) is 23.1. The first-order valence-electron chi connectivity index (χ1n) is 7.56. The third kappa shape index (κ3) is 3.09. The van der Waals surface area contributed by atoms with Crippen molar-refractivity contribution in [2.24, 2.45) is 0 Å². The van der Waals surface area contributed by atoms with Crippen molar-refractivity contribution in [2.45, 2.75) is 37.5 Å². The average molecular weight is 313 g/mol. The van der Waals surface area contributed by atoms with E-state index >= 15 is 0 Å². The van der Waals surface area contributed by atoms with Crippen LogP contribution in [0.3, 0.4) is 0 Å². The number of aliphatic hydroxyl groups is 2. The standard InChI is InChI=1S/C17H19N3O3/c1-10-4-2-3-5-11(10)12-8-14(21)16(22)15(12)20-17(23)13-9-18-6-7-19-13/h2-7,9,12,14-16,21-22H,8H2,1H3,(H,20,23). The van der Waals surface area contributed by atoms with E-state index in [9.17, 15) is 15.0 Å². The van der Waals surface area contributed by atoms with E-state index in [1.807, 2.05) is 31.2 Å². The molecule has 1 fully saturated rings. The molecule has 1 heterocycles. The number of aromatic nitrogens is 2. The van der Waals surface area contributed by atoms with E-state index in [2.05, 4.69) is 15.3 Å². The van der Waals surface area contributed by atoms with Crippen LogP contribution in [-0.4, -0.2) is 44.3 Å². The lowest BCUT2D eigenvalue weighted by atomic mass is 9.90. The second-order valence-electron chi connectivity index (χ2n) is 5.85. The van der Waals surface area contributed by atoms with Crippen LogP contribution in [0, 0.1) is 6.92 Å². The first-order valence-corrected chi connectivity index (χ1v) is 7.56. The quantitative estimate of drug-likeness (QED) is 0.779. The number of rotatable bonds is 3. The van der Waals surface area contributed by atoms with Gasteiger partial charge in [-0.25, -0.2) is 4.98 Å². The SMILES string of the molecule is Cc1ccccc1C1CC(O)C(O)C1NC(=O)c1cnccn1. The molecule has 0 aliphatic heterocycles. The Morgan fingerprint density at radius 1 is 1.26 bits per heavy atom. The predicted molar refractivity (Wildman–Crippen MR) is 83.8 cm³/mol. The van der Waals surface area contributed by atoms with Gasteiger partial charge in [0.25, 0.3) is 5.91 Å². The van der Waals surface area contributed by atoms with Gasteiger partial charge in [-0.1, -0.05) is 24.3 Å². The van der Waals surface area contributed by atoms with Gasteiger partial charge >= 0.3 is 0 Å². The number of amides is 1. The third-order valence-electron chi connectivity index (χ3n) is 4.37. The molecule has 3 rings (SSSR count). The lowest BCUT2D eigenvalue weighted by molar-refractivity contribution is 0.0294. The number of carbonyl (C=O) groups excluding carboxylic acids is 1. The highest BCUT2D eigenvalue weighted by Gasteiger charge is 2.43. The van der Waals surface area contributed by atoms with Crippen LogP contribution >= 0.6 is 0 Å². The highest BCUT2D eigenvalue weighted by atomic mass is 16.3. The molecule has 4 unspecified atom stereocenters. The maximum Gasteiger partial charge on any atom is 0.271 e. The lowest BCUT2D eigenvalue weighted by Crippen LogP contribution is -2.45. The molecule has 3 N–H and O–H groups in total. The molecule has 120 valence electrons. The molecule has 1 aliphatic carbocycles. The summed E-state index contributed by atoms with van der Waals surface area (Å²) in [4.78, 5) is 20.1. The molecule has 6 heteroatoms. The molecule has 2 aromatic rings. The Balaban J connectivity index is 1.86. The molecule has 1 aliphatic rings. The molecule has 23 heavy (non-hydrogen) atoms. The van der Waals surface area contributed by atoms with Crippen molar-refractivity contribution in [3.8, 4) is 0 Å². The fourth-order valence-electron chi connectivity index (χ4n) is 3.17. The zero-order valence-corrected chi connectivity index (χ0v) is 12.8. The Hall–Kier alpha value is -2.31. The molecule has 0 bridgehead atoms. The number of benzene rings is 1. The number of hydrogen-bond donors (Lipinski definition) is 3. The summed E-state index contributed by atoms with van der Waals surface area (Å²) in [6.45, 7) is 1.98. The predicted octanol–water partition coefficient (Wildman–Crippen LogP) is 0.793. The molecule has 0 saturated heterocycles. The smallest absolute Gasteiger partial charge is 0.271 e. The lowest BCUT2D eigenvalue weighted by Gasteiger charge is -2.24. The second-order valence-corrected chi connectivity index (χ2v) is 5.85.